The summed E-state index contributed by atoms with van der Waals surface area (Å²) in [6, 6.07) is 0. The lowest BCUT2D eigenvalue weighted by Gasteiger charge is -2.24. The Hall–Kier alpha value is -0.570. The van der Waals surface area contributed by atoms with Crippen LogP contribution in [0.1, 0.15) is 44.9 Å². The van der Waals surface area contributed by atoms with Crippen LogP contribution in [-0.4, -0.2) is 24.3 Å². The number of aliphatic carboxylic acids is 1. The molecule has 3 nitrogen and oxygen atoms in total. The zero-order chi connectivity index (χ0) is 10.2. The van der Waals surface area contributed by atoms with Crippen LogP contribution in [-0.2, 0) is 9.53 Å². The van der Waals surface area contributed by atoms with Crippen molar-refractivity contribution in [1.29, 1.82) is 0 Å². The number of carbonyl (C=O) groups is 1. The Labute approximate surface area is 85.5 Å². The van der Waals surface area contributed by atoms with Gasteiger partial charge in [0.2, 0.25) is 0 Å². The van der Waals surface area contributed by atoms with E-state index in [1.165, 1.54) is 25.7 Å². The summed E-state index contributed by atoms with van der Waals surface area (Å²) < 4.78 is 5.43. The van der Waals surface area contributed by atoms with Crippen LogP contribution in [0.5, 0.6) is 0 Å². The van der Waals surface area contributed by atoms with Crippen molar-refractivity contribution in [1.82, 2.24) is 0 Å². The predicted octanol–water partition coefficient (Wildman–Crippen LogP) is 2.45. The number of hydrogen-bond acceptors (Lipinski definition) is 2. The summed E-state index contributed by atoms with van der Waals surface area (Å²) >= 11 is 0. The first kappa shape index (κ1) is 11.5. The molecule has 1 rings (SSSR count). The van der Waals surface area contributed by atoms with E-state index in [1.807, 2.05) is 0 Å². The van der Waals surface area contributed by atoms with Gasteiger partial charge in [-0.05, 0) is 25.2 Å². The highest BCUT2D eigenvalue weighted by atomic mass is 16.5. The Morgan fingerprint density at radius 1 is 1.29 bits per heavy atom. The molecule has 0 saturated heterocycles. The van der Waals surface area contributed by atoms with Crippen LogP contribution >= 0.6 is 0 Å². The fourth-order valence-corrected chi connectivity index (χ4v) is 1.61. The lowest BCUT2D eigenvalue weighted by atomic mass is 9.83. The van der Waals surface area contributed by atoms with Gasteiger partial charge in [-0.1, -0.05) is 19.3 Å². The highest BCUT2D eigenvalue weighted by molar-refractivity contribution is 5.66. The van der Waals surface area contributed by atoms with Gasteiger partial charge in [-0.3, -0.25) is 4.79 Å². The zero-order valence-corrected chi connectivity index (χ0v) is 8.71. The molecule has 1 aliphatic rings. The third-order valence-corrected chi connectivity index (χ3v) is 2.82. The van der Waals surface area contributed by atoms with Crippen LogP contribution in [0, 0.1) is 5.92 Å². The monoisotopic (exact) mass is 200 g/mol. The van der Waals surface area contributed by atoms with Crippen molar-refractivity contribution < 1.29 is 14.6 Å². The lowest BCUT2D eigenvalue weighted by molar-refractivity contribution is -0.137. The van der Waals surface area contributed by atoms with E-state index in [0.29, 0.717) is 0 Å². The molecule has 3 heteroatoms. The number of rotatable bonds is 8. The van der Waals surface area contributed by atoms with Crippen molar-refractivity contribution in [3.8, 4) is 0 Å². The molecule has 1 N–H and O–H groups in total. The molecule has 0 unspecified atom stereocenters. The number of carboxylic acids is 1. The Bertz CT molecular complexity index is 164. The fourth-order valence-electron chi connectivity index (χ4n) is 1.61. The number of hydrogen-bond donors (Lipinski definition) is 1. The molecule has 1 saturated carbocycles. The highest BCUT2D eigenvalue weighted by Gasteiger charge is 2.16. The molecular weight excluding hydrogens is 180 g/mol. The summed E-state index contributed by atoms with van der Waals surface area (Å²) in [5, 5.41) is 8.39. The normalized spacial score (nSPS) is 16.6. The van der Waals surface area contributed by atoms with E-state index in [-0.39, 0.29) is 6.42 Å². The van der Waals surface area contributed by atoms with E-state index in [2.05, 4.69) is 0 Å². The van der Waals surface area contributed by atoms with Crippen molar-refractivity contribution in [3.63, 3.8) is 0 Å². The molecule has 14 heavy (non-hydrogen) atoms. The van der Waals surface area contributed by atoms with Crippen molar-refractivity contribution >= 4 is 5.97 Å². The van der Waals surface area contributed by atoms with E-state index in [0.717, 1.165) is 32.0 Å². The first-order chi connectivity index (χ1) is 6.79. The molecule has 0 aromatic carbocycles. The molecule has 1 aliphatic carbocycles. The minimum absolute atomic E-state index is 0.270. The second-order valence-corrected chi connectivity index (χ2v) is 4.05. The lowest BCUT2D eigenvalue weighted by Crippen LogP contribution is -2.13. The third kappa shape index (κ3) is 5.22. The predicted molar refractivity (Wildman–Crippen MR) is 54.3 cm³/mol. The minimum atomic E-state index is -0.709. The van der Waals surface area contributed by atoms with Gasteiger partial charge in [-0.25, -0.2) is 0 Å². The number of unbranched alkanes of at least 4 members (excludes halogenated alkanes) is 1. The van der Waals surface area contributed by atoms with Crippen LogP contribution < -0.4 is 0 Å². The largest absolute Gasteiger partial charge is 0.481 e. The fraction of sp³-hybridized carbons (Fsp3) is 0.909. The summed E-state index contributed by atoms with van der Waals surface area (Å²) in [5.74, 6) is 0.202. The SMILES string of the molecule is O=C(O)CCCCOCCC1CCC1. The Morgan fingerprint density at radius 3 is 2.64 bits per heavy atom. The van der Waals surface area contributed by atoms with Crippen LogP contribution in [0.15, 0.2) is 0 Å². The van der Waals surface area contributed by atoms with Gasteiger partial charge in [-0.15, -0.1) is 0 Å². The van der Waals surface area contributed by atoms with Crippen LogP contribution in [0.2, 0.25) is 0 Å². The van der Waals surface area contributed by atoms with Gasteiger partial charge in [0.25, 0.3) is 0 Å². The van der Waals surface area contributed by atoms with Gasteiger partial charge in [0.15, 0.2) is 0 Å². The van der Waals surface area contributed by atoms with E-state index in [1.54, 1.807) is 0 Å². The first-order valence-electron chi connectivity index (χ1n) is 5.58. The zero-order valence-electron chi connectivity index (χ0n) is 8.71. The van der Waals surface area contributed by atoms with E-state index in [9.17, 15) is 4.79 Å². The molecule has 1 fully saturated rings. The summed E-state index contributed by atoms with van der Waals surface area (Å²) in [5.41, 5.74) is 0. The maximum atomic E-state index is 10.2. The minimum Gasteiger partial charge on any atom is -0.481 e. The van der Waals surface area contributed by atoms with E-state index < -0.39 is 5.97 Å². The summed E-state index contributed by atoms with van der Waals surface area (Å²) in [4.78, 5) is 10.2. The third-order valence-electron chi connectivity index (χ3n) is 2.82. The number of carboxylic acid groups (broad SMARTS) is 1. The van der Waals surface area contributed by atoms with Crippen LogP contribution in [0.25, 0.3) is 0 Å². The Morgan fingerprint density at radius 2 is 2.07 bits per heavy atom. The Kier molecular flexibility index (Phi) is 5.60. The molecule has 82 valence electrons. The highest BCUT2D eigenvalue weighted by Crippen LogP contribution is 2.29. The van der Waals surface area contributed by atoms with E-state index in [4.69, 9.17) is 9.84 Å². The quantitative estimate of drug-likeness (QED) is 0.612. The summed E-state index contributed by atoms with van der Waals surface area (Å²) in [6.07, 6.45) is 7.22. The van der Waals surface area contributed by atoms with E-state index >= 15 is 0 Å². The standard InChI is InChI=1S/C11H20O3/c12-11(13)6-1-2-8-14-9-7-10-4-3-5-10/h10H,1-9H2,(H,12,13). The summed E-state index contributed by atoms with van der Waals surface area (Å²) in [6.45, 7) is 1.58. The molecule has 0 aromatic rings. The van der Waals surface area contributed by atoms with Crippen LogP contribution in [0.4, 0.5) is 0 Å². The molecule has 0 atom stereocenters. The van der Waals surface area contributed by atoms with Crippen LogP contribution in [0.3, 0.4) is 0 Å². The van der Waals surface area contributed by atoms with Gasteiger partial charge < -0.3 is 9.84 Å². The average molecular weight is 200 g/mol. The molecular formula is C11H20O3. The summed E-state index contributed by atoms with van der Waals surface area (Å²) in [7, 11) is 0. The van der Waals surface area contributed by atoms with Crippen molar-refractivity contribution in [2.45, 2.75) is 44.9 Å². The first-order valence-corrected chi connectivity index (χ1v) is 5.58. The maximum Gasteiger partial charge on any atom is 0.303 e. The van der Waals surface area contributed by atoms with Gasteiger partial charge in [0.05, 0.1) is 0 Å². The smallest absolute Gasteiger partial charge is 0.303 e. The van der Waals surface area contributed by atoms with Crippen molar-refractivity contribution in [3.05, 3.63) is 0 Å². The average Bonchev–Trinajstić information content (AvgIpc) is 2.06. The van der Waals surface area contributed by atoms with Crippen molar-refractivity contribution in [2.24, 2.45) is 5.92 Å². The van der Waals surface area contributed by atoms with Gasteiger partial charge >= 0.3 is 5.97 Å². The van der Waals surface area contributed by atoms with Gasteiger partial charge in [0, 0.05) is 19.6 Å². The topological polar surface area (TPSA) is 46.5 Å². The van der Waals surface area contributed by atoms with Gasteiger partial charge in [-0.2, -0.15) is 0 Å². The molecule has 0 bridgehead atoms. The second-order valence-electron chi connectivity index (χ2n) is 4.05. The molecule has 0 aromatic heterocycles. The van der Waals surface area contributed by atoms with Crippen molar-refractivity contribution in [2.75, 3.05) is 13.2 Å². The molecule has 0 aliphatic heterocycles. The molecule has 0 spiro atoms. The Balaban J connectivity index is 1.73. The van der Waals surface area contributed by atoms with Gasteiger partial charge in [0.1, 0.15) is 0 Å². The molecule has 0 radical (unpaired) electrons. The molecule has 0 heterocycles. The second kappa shape index (κ2) is 6.82. The maximum absolute atomic E-state index is 10.2. The molecule has 0 amide bonds. The number of ether oxygens (including phenoxy) is 1.